The molecule has 1 N–H and O–H groups in total. The van der Waals surface area contributed by atoms with E-state index < -0.39 is 23.5 Å². The Hall–Kier alpha value is -3.36. The number of rotatable bonds is 13. The zero-order valence-electron chi connectivity index (χ0n) is 25.1. The number of carbonyl (C=O) groups is 4. The van der Waals surface area contributed by atoms with Crippen molar-refractivity contribution in [3.8, 4) is 0 Å². The first-order chi connectivity index (χ1) is 19.8. The largest absolute Gasteiger partial charge is 0.458 e. The molecule has 1 unspecified atom stereocenters. The van der Waals surface area contributed by atoms with Crippen LogP contribution in [0.1, 0.15) is 66.0 Å². The number of carbonyl (C=O) groups excluding carboxylic acids is 4. The molecule has 3 aromatic carbocycles. The maximum absolute atomic E-state index is 13.7. The van der Waals surface area contributed by atoms with Gasteiger partial charge in [0, 0.05) is 44.8 Å². The second-order valence-corrected chi connectivity index (χ2v) is 13.5. The molecule has 0 radical (unpaired) electrons. The molecular weight excluding hydrogens is 567 g/mol. The number of hydrogen-bond donors (Lipinski definition) is 1. The monoisotopic (exact) mass is 605 g/mol. The summed E-state index contributed by atoms with van der Waals surface area (Å²) in [4.78, 5) is 53.2. The molecule has 0 aromatic heterocycles. The topological polar surface area (TPSA) is 89.5 Å². The van der Waals surface area contributed by atoms with Crippen LogP contribution in [0.25, 0.3) is 0 Å². The van der Waals surface area contributed by atoms with Crippen LogP contribution in [0.5, 0.6) is 0 Å². The average molecular weight is 606 g/mol. The van der Waals surface area contributed by atoms with E-state index in [1.54, 1.807) is 68.6 Å². The Kier molecular flexibility index (Phi) is 12.0. The number of Topliss-reactive ketones (excluding diaryl/α,β-unsaturated/α-hetero) is 2. The van der Waals surface area contributed by atoms with E-state index in [0.717, 1.165) is 9.79 Å². The average Bonchev–Trinajstić information content (AvgIpc) is 2.93. The van der Waals surface area contributed by atoms with E-state index in [2.05, 4.69) is 53.8 Å². The van der Waals surface area contributed by atoms with E-state index >= 15 is 0 Å². The normalized spacial score (nSPS) is 12.1. The molecule has 0 saturated heterocycles. The van der Waals surface area contributed by atoms with Gasteiger partial charge in [0.25, 0.3) is 5.91 Å². The number of esters is 1. The van der Waals surface area contributed by atoms with Crippen molar-refractivity contribution in [1.82, 2.24) is 5.32 Å². The lowest BCUT2D eigenvalue weighted by Gasteiger charge is -2.24. The predicted molar refractivity (Wildman–Crippen MR) is 170 cm³/mol. The quantitative estimate of drug-likeness (QED) is 0.126. The highest BCUT2D eigenvalue weighted by molar-refractivity contribution is 8.00. The fourth-order valence-electron chi connectivity index (χ4n) is 3.98. The number of ether oxygens (including phenoxy) is 1. The number of benzene rings is 3. The molecule has 0 heterocycles. The van der Waals surface area contributed by atoms with E-state index in [1.165, 1.54) is 18.1 Å². The molecule has 0 fully saturated rings. The fraction of sp³-hybridized carbons (Fsp3) is 0.353. The van der Waals surface area contributed by atoms with Gasteiger partial charge in [-0.05, 0) is 77.9 Å². The lowest BCUT2D eigenvalue weighted by molar-refractivity contribution is -0.158. The van der Waals surface area contributed by atoms with Crippen molar-refractivity contribution in [2.75, 3.05) is 11.5 Å². The van der Waals surface area contributed by atoms with E-state index in [1.807, 2.05) is 13.8 Å². The molecule has 222 valence electrons. The maximum atomic E-state index is 13.7. The van der Waals surface area contributed by atoms with Gasteiger partial charge in [0.1, 0.15) is 17.4 Å². The van der Waals surface area contributed by atoms with Crippen LogP contribution in [0.15, 0.2) is 82.6 Å². The van der Waals surface area contributed by atoms with Crippen LogP contribution in [0.4, 0.5) is 0 Å². The minimum Gasteiger partial charge on any atom is -0.458 e. The molecule has 42 heavy (non-hydrogen) atoms. The fourth-order valence-corrected chi connectivity index (χ4v) is 6.11. The summed E-state index contributed by atoms with van der Waals surface area (Å²) in [5.74, 6) is -0.452. The van der Waals surface area contributed by atoms with Gasteiger partial charge < -0.3 is 10.1 Å². The minimum absolute atomic E-state index is 0.00407. The Bertz CT molecular complexity index is 1330. The van der Waals surface area contributed by atoms with Crippen LogP contribution >= 0.6 is 23.5 Å². The second-order valence-electron chi connectivity index (χ2n) is 11.4. The SMILES string of the molecule is CC(=O)CC(NC(=O)c1ccc(C(=O)C(CSc2ccc(C)cc2)CSc2ccc(C)cc2)cc1)C(=O)OC(C)(C)C. The van der Waals surface area contributed by atoms with Gasteiger partial charge in [-0.2, -0.15) is 0 Å². The van der Waals surface area contributed by atoms with Crippen LogP contribution in [0, 0.1) is 19.8 Å². The number of aryl methyl sites for hydroxylation is 2. The van der Waals surface area contributed by atoms with Gasteiger partial charge in [0.15, 0.2) is 5.78 Å². The van der Waals surface area contributed by atoms with Crippen LogP contribution in [0.3, 0.4) is 0 Å². The number of thioether (sulfide) groups is 2. The molecule has 1 amide bonds. The molecule has 0 aliphatic heterocycles. The lowest BCUT2D eigenvalue weighted by Crippen LogP contribution is -2.45. The van der Waals surface area contributed by atoms with E-state index in [4.69, 9.17) is 4.74 Å². The molecule has 3 rings (SSSR count). The van der Waals surface area contributed by atoms with Crippen LogP contribution in [-0.4, -0.2) is 46.6 Å². The number of amides is 1. The summed E-state index contributed by atoms with van der Waals surface area (Å²) in [6.45, 7) is 10.6. The Labute approximate surface area is 257 Å². The molecule has 0 aliphatic rings. The van der Waals surface area contributed by atoms with Crippen LogP contribution < -0.4 is 5.32 Å². The van der Waals surface area contributed by atoms with Gasteiger partial charge >= 0.3 is 5.97 Å². The lowest BCUT2D eigenvalue weighted by atomic mass is 9.99. The van der Waals surface area contributed by atoms with Gasteiger partial charge in [-0.3, -0.25) is 14.4 Å². The molecule has 6 nitrogen and oxygen atoms in total. The number of nitrogens with one attached hydrogen (secondary N) is 1. The first-order valence-electron chi connectivity index (χ1n) is 13.9. The summed E-state index contributed by atoms with van der Waals surface area (Å²) in [6, 6.07) is 21.9. The molecule has 3 aromatic rings. The Morgan fingerprint density at radius 2 is 1.19 bits per heavy atom. The molecule has 1 atom stereocenters. The van der Waals surface area contributed by atoms with Crippen molar-refractivity contribution >= 4 is 47.0 Å². The van der Waals surface area contributed by atoms with Gasteiger partial charge in [-0.1, -0.05) is 47.5 Å². The summed E-state index contributed by atoms with van der Waals surface area (Å²) in [5, 5.41) is 2.62. The van der Waals surface area contributed by atoms with Crippen LogP contribution in [0.2, 0.25) is 0 Å². The van der Waals surface area contributed by atoms with Crippen molar-refractivity contribution in [2.45, 2.75) is 69.4 Å². The van der Waals surface area contributed by atoms with Gasteiger partial charge in [-0.15, -0.1) is 23.5 Å². The minimum atomic E-state index is -1.10. The maximum Gasteiger partial charge on any atom is 0.329 e. The third-order valence-corrected chi connectivity index (χ3v) is 8.58. The first-order valence-corrected chi connectivity index (χ1v) is 15.8. The van der Waals surface area contributed by atoms with Crippen molar-refractivity contribution in [1.29, 1.82) is 0 Å². The molecular formula is C34H39NO5S2. The number of hydrogen-bond acceptors (Lipinski definition) is 7. The summed E-state index contributed by atoms with van der Waals surface area (Å²) < 4.78 is 5.38. The standard InChI is InChI=1S/C34H39NO5S2/c1-22-7-15-28(16-8-22)41-20-27(21-42-29-17-9-23(2)10-18-29)31(37)25-11-13-26(14-12-25)32(38)35-30(19-24(3)36)33(39)40-34(4,5)6/h7-18,27,30H,19-21H2,1-6H3,(H,35,38). The highest BCUT2D eigenvalue weighted by Crippen LogP contribution is 2.28. The van der Waals surface area contributed by atoms with Gasteiger partial charge in [0.05, 0.1) is 0 Å². The summed E-state index contributed by atoms with van der Waals surface area (Å²) in [6.07, 6.45) is -0.170. The van der Waals surface area contributed by atoms with E-state index in [9.17, 15) is 19.2 Å². The molecule has 0 saturated carbocycles. The predicted octanol–water partition coefficient (Wildman–Crippen LogP) is 7.11. The summed E-state index contributed by atoms with van der Waals surface area (Å²) in [7, 11) is 0. The Morgan fingerprint density at radius 3 is 1.62 bits per heavy atom. The van der Waals surface area contributed by atoms with Crippen molar-refractivity contribution in [3.63, 3.8) is 0 Å². The Morgan fingerprint density at radius 1 is 0.738 bits per heavy atom. The van der Waals surface area contributed by atoms with Crippen molar-refractivity contribution in [3.05, 3.63) is 95.1 Å². The van der Waals surface area contributed by atoms with E-state index in [0.29, 0.717) is 17.1 Å². The number of ketones is 2. The zero-order chi connectivity index (χ0) is 30.9. The highest BCUT2D eigenvalue weighted by Gasteiger charge is 2.28. The second kappa shape index (κ2) is 15.2. The molecule has 0 spiro atoms. The summed E-state index contributed by atoms with van der Waals surface area (Å²) >= 11 is 3.31. The van der Waals surface area contributed by atoms with Crippen LogP contribution in [-0.2, 0) is 14.3 Å². The molecule has 8 heteroatoms. The van der Waals surface area contributed by atoms with E-state index in [-0.39, 0.29) is 29.5 Å². The van der Waals surface area contributed by atoms with Gasteiger partial charge in [0.2, 0.25) is 0 Å². The highest BCUT2D eigenvalue weighted by atomic mass is 32.2. The van der Waals surface area contributed by atoms with Crippen molar-refractivity contribution < 1.29 is 23.9 Å². The zero-order valence-corrected chi connectivity index (χ0v) is 26.7. The van der Waals surface area contributed by atoms with Crippen molar-refractivity contribution in [2.24, 2.45) is 5.92 Å². The third-order valence-electron chi connectivity index (χ3n) is 6.23. The third kappa shape index (κ3) is 10.8. The smallest absolute Gasteiger partial charge is 0.329 e. The summed E-state index contributed by atoms with van der Waals surface area (Å²) in [5.41, 5.74) is 2.40. The molecule has 0 bridgehead atoms. The van der Waals surface area contributed by atoms with Gasteiger partial charge in [-0.25, -0.2) is 4.79 Å². The molecule has 0 aliphatic carbocycles. The Balaban J connectivity index is 1.73. The first kappa shape index (κ1) is 33.1.